The highest BCUT2D eigenvalue weighted by molar-refractivity contribution is 4.85. The molecule has 0 atom stereocenters. The van der Waals surface area contributed by atoms with Crippen LogP contribution in [0.5, 0.6) is 0 Å². The highest BCUT2D eigenvalue weighted by atomic mass is 16.5. The van der Waals surface area contributed by atoms with Crippen molar-refractivity contribution in [2.24, 2.45) is 17.8 Å². The van der Waals surface area contributed by atoms with Gasteiger partial charge < -0.3 is 4.74 Å². The molecule has 22 heavy (non-hydrogen) atoms. The third-order valence-electron chi connectivity index (χ3n) is 5.87. The third kappa shape index (κ3) is 5.91. The summed E-state index contributed by atoms with van der Waals surface area (Å²) in [4.78, 5) is 0. The molecule has 2 fully saturated rings. The molecule has 0 N–H and O–H groups in total. The van der Waals surface area contributed by atoms with E-state index in [1.165, 1.54) is 70.6 Å². The molecule has 2 rings (SSSR count). The topological polar surface area (TPSA) is 9.23 Å². The number of rotatable bonds is 8. The van der Waals surface area contributed by atoms with Crippen LogP contribution in [0.1, 0.15) is 77.6 Å². The number of allylic oxidation sites excluding steroid dienone is 2. The Labute approximate surface area is 138 Å². The summed E-state index contributed by atoms with van der Waals surface area (Å²) in [6.45, 7) is 6.69. The van der Waals surface area contributed by atoms with Crippen LogP contribution in [0.25, 0.3) is 0 Å². The summed E-state index contributed by atoms with van der Waals surface area (Å²) < 4.78 is 5.82. The van der Waals surface area contributed by atoms with Crippen LogP contribution >= 0.6 is 0 Å². The highest BCUT2D eigenvalue weighted by Crippen LogP contribution is 2.41. The number of ether oxygens (including phenoxy) is 1. The molecule has 126 valence electrons. The third-order valence-corrected chi connectivity index (χ3v) is 5.87. The van der Waals surface area contributed by atoms with Gasteiger partial charge in [0.15, 0.2) is 0 Å². The van der Waals surface area contributed by atoms with Crippen molar-refractivity contribution in [1.82, 2.24) is 0 Å². The summed E-state index contributed by atoms with van der Waals surface area (Å²) in [6.07, 6.45) is 22.3. The predicted octanol–water partition coefficient (Wildman–Crippen LogP) is 6.30. The minimum absolute atomic E-state index is 0.510. The van der Waals surface area contributed by atoms with Crippen molar-refractivity contribution in [1.29, 1.82) is 0 Å². The number of hydrogen-bond acceptors (Lipinski definition) is 1. The maximum atomic E-state index is 5.82. The maximum Gasteiger partial charge on any atom is 0.0648 e. The summed E-state index contributed by atoms with van der Waals surface area (Å²) in [5.41, 5.74) is 0. The molecule has 0 radical (unpaired) electrons. The smallest absolute Gasteiger partial charge is 0.0648 e. The Morgan fingerprint density at radius 1 is 0.909 bits per heavy atom. The van der Waals surface area contributed by atoms with Gasteiger partial charge in [-0.25, -0.2) is 0 Å². The second-order valence-corrected chi connectivity index (χ2v) is 7.40. The Kier molecular flexibility index (Phi) is 8.30. The van der Waals surface area contributed by atoms with Crippen LogP contribution in [-0.2, 0) is 4.74 Å². The molecule has 2 aliphatic carbocycles. The average molecular weight is 305 g/mol. The van der Waals surface area contributed by atoms with Gasteiger partial charge in [-0.1, -0.05) is 38.0 Å². The van der Waals surface area contributed by atoms with Crippen molar-refractivity contribution in [2.75, 3.05) is 6.61 Å². The van der Waals surface area contributed by atoms with Crippen LogP contribution in [0, 0.1) is 17.8 Å². The van der Waals surface area contributed by atoms with Gasteiger partial charge in [0.25, 0.3) is 0 Å². The molecule has 0 amide bonds. The van der Waals surface area contributed by atoms with E-state index in [1.54, 1.807) is 0 Å². The van der Waals surface area contributed by atoms with Gasteiger partial charge in [-0.15, -0.1) is 6.58 Å². The van der Waals surface area contributed by atoms with Crippen molar-refractivity contribution < 1.29 is 4.74 Å². The van der Waals surface area contributed by atoms with Gasteiger partial charge in [-0.2, -0.15) is 0 Å². The van der Waals surface area contributed by atoms with E-state index in [-0.39, 0.29) is 0 Å². The molecular weight excluding hydrogens is 268 g/mol. The summed E-state index contributed by atoms with van der Waals surface area (Å²) in [6, 6.07) is 0. The molecule has 0 heterocycles. The Hall–Kier alpha value is -0.560. The summed E-state index contributed by atoms with van der Waals surface area (Å²) in [5.74, 6) is 3.01. The first-order chi connectivity index (χ1) is 10.8. The molecular formula is C21H36O. The van der Waals surface area contributed by atoms with Gasteiger partial charge in [-0.05, 0) is 75.5 Å². The van der Waals surface area contributed by atoms with Gasteiger partial charge in [0.05, 0.1) is 12.7 Å². The van der Waals surface area contributed by atoms with Gasteiger partial charge in [0, 0.05) is 0 Å². The van der Waals surface area contributed by atoms with Crippen molar-refractivity contribution >= 4 is 0 Å². The fourth-order valence-electron chi connectivity index (χ4n) is 4.50. The van der Waals surface area contributed by atoms with Crippen LogP contribution in [0.15, 0.2) is 24.8 Å². The molecule has 0 spiro atoms. The number of hydrogen-bond donors (Lipinski definition) is 0. The first-order valence-electron chi connectivity index (χ1n) is 9.71. The fourth-order valence-corrected chi connectivity index (χ4v) is 4.50. The average Bonchev–Trinajstić information content (AvgIpc) is 2.58. The molecule has 2 aliphatic rings. The Balaban J connectivity index is 1.61. The van der Waals surface area contributed by atoms with Crippen LogP contribution in [-0.4, -0.2) is 12.7 Å². The molecule has 0 saturated heterocycles. The second-order valence-electron chi connectivity index (χ2n) is 7.40. The Bertz CT molecular complexity index is 317. The maximum absolute atomic E-state index is 5.82. The normalized spacial score (nSPS) is 33.1. The standard InChI is InChI=1S/C21H36O/c1-3-5-6-7-8-18-9-11-19(12-10-18)20-13-15-21(16-14-20)22-17-4-2/h4-6,18-21H,2-3,7-17H2,1H3/b6-5+. The van der Waals surface area contributed by atoms with E-state index < -0.39 is 0 Å². The van der Waals surface area contributed by atoms with Crippen molar-refractivity contribution in [3.63, 3.8) is 0 Å². The molecule has 2 saturated carbocycles. The lowest BCUT2D eigenvalue weighted by molar-refractivity contribution is 0.0211. The Morgan fingerprint density at radius 2 is 1.55 bits per heavy atom. The molecule has 1 heteroatoms. The lowest BCUT2D eigenvalue weighted by Gasteiger charge is -2.37. The molecule has 0 aromatic rings. The predicted molar refractivity (Wildman–Crippen MR) is 96.0 cm³/mol. The van der Waals surface area contributed by atoms with E-state index in [9.17, 15) is 0 Å². The van der Waals surface area contributed by atoms with E-state index in [0.29, 0.717) is 6.10 Å². The summed E-state index contributed by atoms with van der Waals surface area (Å²) in [5, 5.41) is 0. The molecule has 0 bridgehead atoms. The minimum Gasteiger partial charge on any atom is -0.374 e. The Morgan fingerprint density at radius 3 is 2.14 bits per heavy atom. The molecule has 0 unspecified atom stereocenters. The van der Waals surface area contributed by atoms with E-state index in [2.05, 4.69) is 25.7 Å². The van der Waals surface area contributed by atoms with E-state index in [0.717, 1.165) is 24.4 Å². The summed E-state index contributed by atoms with van der Waals surface area (Å²) >= 11 is 0. The van der Waals surface area contributed by atoms with E-state index in [4.69, 9.17) is 4.74 Å². The van der Waals surface area contributed by atoms with Gasteiger partial charge >= 0.3 is 0 Å². The zero-order valence-electron chi connectivity index (χ0n) is 14.6. The molecule has 0 aromatic heterocycles. The van der Waals surface area contributed by atoms with E-state index in [1.807, 2.05) is 6.08 Å². The molecule has 0 aromatic carbocycles. The quantitative estimate of drug-likeness (QED) is 0.478. The first kappa shape index (κ1) is 17.8. The monoisotopic (exact) mass is 304 g/mol. The molecule has 1 nitrogen and oxygen atoms in total. The van der Waals surface area contributed by atoms with Crippen LogP contribution in [0.4, 0.5) is 0 Å². The zero-order chi connectivity index (χ0) is 15.6. The fraction of sp³-hybridized carbons (Fsp3) is 0.810. The van der Waals surface area contributed by atoms with Gasteiger partial charge in [-0.3, -0.25) is 0 Å². The van der Waals surface area contributed by atoms with Crippen LogP contribution in [0.2, 0.25) is 0 Å². The lowest BCUT2D eigenvalue weighted by atomic mass is 9.70. The second kappa shape index (κ2) is 10.3. The minimum atomic E-state index is 0.510. The lowest BCUT2D eigenvalue weighted by Crippen LogP contribution is -2.28. The van der Waals surface area contributed by atoms with E-state index >= 15 is 0 Å². The van der Waals surface area contributed by atoms with Crippen molar-refractivity contribution in [3.05, 3.63) is 24.8 Å². The highest BCUT2D eigenvalue weighted by Gasteiger charge is 2.30. The molecule has 0 aliphatic heterocycles. The first-order valence-corrected chi connectivity index (χ1v) is 9.71. The van der Waals surface area contributed by atoms with Gasteiger partial charge in [0.2, 0.25) is 0 Å². The van der Waals surface area contributed by atoms with Crippen molar-refractivity contribution in [2.45, 2.75) is 83.7 Å². The van der Waals surface area contributed by atoms with Crippen LogP contribution in [0.3, 0.4) is 0 Å². The van der Waals surface area contributed by atoms with Crippen molar-refractivity contribution in [3.8, 4) is 0 Å². The van der Waals surface area contributed by atoms with Gasteiger partial charge in [0.1, 0.15) is 0 Å². The largest absolute Gasteiger partial charge is 0.374 e. The van der Waals surface area contributed by atoms with Crippen LogP contribution < -0.4 is 0 Å². The SMILES string of the molecule is C=CCOC1CCC(C2CCC(CC/C=C/CC)CC2)CC1. The summed E-state index contributed by atoms with van der Waals surface area (Å²) in [7, 11) is 0. The zero-order valence-corrected chi connectivity index (χ0v) is 14.6.